The van der Waals surface area contributed by atoms with E-state index in [1.165, 1.54) is 32.1 Å². The Hall–Kier alpha value is -0.350. The zero-order valence-corrected chi connectivity index (χ0v) is 6.27. The average Bonchev–Trinajstić information content (AvgIpc) is 2.78. The van der Waals surface area contributed by atoms with E-state index < -0.39 is 0 Å². The number of rotatable bonds is 3. The summed E-state index contributed by atoms with van der Waals surface area (Å²) in [5, 5.41) is 0. The summed E-state index contributed by atoms with van der Waals surface area (Å²) >= 11 is 0. The SMILES string of the molecule is [C+]1=C(C(C2CC2)C2CC2)C1. The lowest BCUT2D eigenvalue weighted by Gasteiger charge is -2.03. The first-order valence-corrected chi connectivity index (χ1v) is 4.55. The average molecular weight is 133 g/mol. The Morgan fingerprint density at radius 3 is 1.90 bits per heavy atom. The molecule has 0 aromatic carbocycles. The smallest absolute Gasteiger partial charge is 0.0494 e. The number of hydrogen-bond acceptors (Lipinski definition) is 0. The molecular weight excluding hydrogens is 120 g/mol. The molecule has 52 valence electrons. The van der Waals surface area contributed by atoms with E-state index in [1.807, 2.05) is 0 Å². The lowest BCUT2D eigenvalue weighted by atomic mass is 9.95. The zero-order chi connectivity index (χ0) is 6.55. The van der Waals surface area contributed by atoms with Gasteiger partial charge in [-0.25, -0.2) is 0 Å². The van der Waals surface area contributed by atoms with Crippen molar-refractivity contribution in [3.8, 4) is 0 Å². The van der Waals surface area contributed by atoms with E-state index >= 15 is 0 Å². The molecule has 0 aromatic heterocycles. The molecule has 0 spiro atoms. The van der Waals surface area contributed by atoms with Gasteiger partial charge >= 0.3 is 0 Å². The summed E-state index contributed by atoms with van der Waals surface area (Å²) in [4.78, 5) is 0. The third kappa shape index (κ3) is 0.793. The lowest BCUT2D eigenvalue weighted by Crippen LogP contribution is -2.03. The molecule has 0 aliphatic heterocycles. The van der Waals surface area contributed by atoms with Crippen LogP contribution in [-0.4, -0.2) is 0 Å². The van der Waals surface area contributed by atoms with Crippen molar-refractivity contribution in [2.24, 2.45) is 17.8 Å². The van der Waals surface area contributed by atoms with Gasteiger partial charge in [0.2, 0.25) is 18.1 Å². The number of hydrogen-bond donors (Lipinski definition) is 0. The highest BCUT2D eigenvalue weighted by atomic mass is 14.5. The number of allylic oxidation sites excluding steroid dienone is 2. The molecule has 0 N–H and O–H groups in total. The van der Waals surface area contributed by atoms with Crippen LogP contribution in [0.5, 0.6) is 0 Å². The van der Waals surface area contributed by atoms with Gasteiger partial charge < -0.3 is 0 Å². The molecule has 2 saturated carbocycles. The van der Waals surface area contributed by atoms with E-state index in [9.17, 15) is 0 Å². The van der Waals surface area contributed by atoms with Crippen molar-refractivity contribution < 1.29 is 0 Å². The van der Waals surface area contributed by atoms with Crippen LogP contribution in [0.25, 0.3) is 0 Å². The van der Waals surface area contributed by atoms with Crippen molar-refractivity contribution in [1.29, 1.82) is 0 Å². The van der Waals surface area contributed by atoms with Crippen LogP contribution in [0.4, 0.5) is 0 Å². The highest BCUT2D eigenvalue weighted by molar-refractivity contribution is 5.23. The van der Waals surface area contributed by atoms with E-state index in [4.69, 9.17) is 0 Å². The Balaban J connectivity index is 1.75. The van der Waals surface area contributed by atoms with Gasteiger partial charge in [-0.1, -0.05) is 0 Å². The Labute approximate surface area is 62.3 Å². The maximum Gasteiger partial charge on any atom is 0.237 e. The van der Waals surface area contributed by atoms with Crippen LogP contribution >= 0.6 is 0 Å². The third-order valence-corrected chi connectivity index (χ3v) is 3.04. The molecule has 3 aliphatic rings. The van der Waals surface area contributed by atoms with Crippen LogP contribution in [0.15, 0.2) is 5.57 Å². The molecule has 0 saturated heterocycles. The van der Waals surface area contributed by atoms with Crippen LogP contribution < -0.4 is 0 Å². The minimum absolute atomic E-state index is 1.03. The van der Waals surface area contributed by atoms with Gasteiger partial charge in [0, 0.05) is 5.92 Å². The summed E-state index contributed by atoms with van der Waals surface area (Å²) in [6.45, 7) is 0. The standard InChI is InChI=1S/C10H13/c1-2-7(1)10(8-3-4-8)9-5-6-9/h7-8,10H,1-5H2/q+1. The molecule has 0 heteroatoms. The molecule has 0 amide bonds. The van der Waals surface area contributed by atoms with Crippen LogP contribution in [0.3, 0.4) is 0 Å². The van der Waals surface area contributed by atoms with Crippen molar-refractivity contribution in [3.05, 3.63) is 11.6 Å². The first-order valence-electron chi connectivity index (χ1n) is 4.55. The van der Waals surface area contributed by atoms with E-state index in [0.717, 1.165) is 17.8 Å². The van der Waals surface area contributed by atoms with Gasteiger partial charge in [0.05, 0.1) is 0 Å². The van der Waals surface area contributed by atoms with E-state index in [2.05, 4.69) is 6.08 Å². The Bertz CT molecular complexity index is 170. The Morgan fingerprint density at radius 2 is 1.60 bits per heavy atom. The molecule has 0 unspecified atom stereocenters. The van der Waals surface area contributed by atoms with Crippen molar-refractivity contribution in [1.82, 2.24) is 0 Å². The largest absolute Gasteiger partial charge is 0.237 e. The first kappa shape index (κ1) is 5.32. The van der Waals surface area contributed by atoms with Gasteiger partial charge in [0.25, 0.3) is 0 Å². The third-order valence-electron chi connectivity index (χ3n) is 3.04. The second kappa shape index (κ2) is 1.62. The molecule has 0 nitrogen and oxygen atoms in total. The van der Waals surface area contributed by atoms with Gasteiger partial charge in [-0.3, -0.25) is 0 Å². The molecule has 2 fully saturated rings. The molecule has 0 heterocycles. The molecule has 0 bridgehead atoms. The molecular formula is C10H13+. The minimum Gasteiger partial charge on any atom is -0.0494 e. The van der Waals surface area contributed by atoms with Gasteiger partial charge in [-0.2, -0.15) is 0 Å². The van der Waals surface area contributed by atoms with Crippen molar-refractivity contribution in [3.63, 3.8) is 0 Å². The van der Waals surface area contributed by atoms with E-state index in [1.54, 1.807) is 5.57 Å². The Kier molecular flexibility index (Phi) is 0.864. The van der Waals surface area contributed by atoms with Crippen LogP contribution in [-0.2, 0) is 0 Å². The summed E-state index contributed by atoms with van der Waals surface area (Å²) in [7, 11) is 0. The fourth-order valence-corrected chi connectivity index (χ4v) is 2.15. The lowest BCUT2D eigenvalue weighted by molar-refractivity contribution is 0.484. The van der Waals surface area contributed by atoms with Gasteiger partial charge in [-0.05, 0) is 37.5 Å². The maximum absolute atomic E-state index is 3.39. The topological polar surface area (TPSA) is 0 Å². The van der Waals surface area contributed by atoms with Crippen molar-refractivity contribution in [2.75, 3.05) is 0 Å². The molecule has 3 aliphatic carbocycles. The van der Waals surface area contributed by atoms with Crippen LogP contribution in [0.1, 0.15) is 32.1 Å². The molecule has 0 radical (unpaired) electrons. The first-order chi connectivity index (χ1) is 4.95. The van der Waals surface area contributed by atoms with Gasteiger partial charge in [-0.15, -0.1) is 0 Å². The minimum atomic E-state index is 1.03. The summed E-state index contributed by atoms with van der Waals surface area (Å²) < 4.78 is 0. The quantitative estimate of drug-likeness (QED) is 0.519. The van der Waals surface area contributed by atoms with Crippen LogP contribution in [0.2, 0.25) is 0 Å². The highest BCUT2D eigenvalue weighted by Gasteiger charge is 2.52. The fraction of sp³-hybridized carbons (Fsp3) is 0.800. The summed E-state index contributed by atoms with van der Waals surface area (Å²) in [6.07, 6.45) is 10.7. The predicted octanol–water partition coefficient (Wildman–Crippen LogP) is 2.56. The monoisotopic (exact) mass is 133 g/mol. The molecule has 0 aromatic rings. The van der Waals surface area contributed by atoms with Crippen LogP contribution in [0, 0.1) is 23.8 Å². The molecule has 10 heavy (non-hydrogen) atoms. The summed E-state index contributed by atoms with van der Waals surface area (Å²) in [5.74, 6) is 3.25. The zero-order valence-electron chi connectivity index (χ0n) is 6.27. The molecule has 3 rings (SSSR count). The predicted molar refractivity (Wildman–Crippen MR) is 40.3 cm³/mol. The summed E-state index contributed by atoms with van der Waals surface area (Å²) in [5.41, 5.74) is 1.70. The highest BCUT2D eigenvalue weighted by Crippen LogP contribution is 2.55. The van der Waals surface area contributed by atoms with E-state index in [0.29, 0.717) is 0 Å². The van der Waals surface area contributed by atoms with Gasteiger partial charge in [0.15, 0.2) is 0 Å². The van der Waals surface area contributed by atoms with Gasteiger partial charge in [0.1, 0.15) is 0 Å². The molecule has 0 atom stereocenters. The van der Waals surface area contributed by atoms with Crippen molar-refractivity contribution in [2.45, 2.75) is 32.1 Å². The Morgan fingerprint density at radius 1 is 1.10 bits per heavy atom. The maximum atomic E-state index is 3.39. The van der Waals surface area contributed by atoms with Crippen molar-refractivity contribution >= 4 is 0 Å². The normalized spacial score (nSPS) is 29.9. The van der Waals surface area contributed by atoms with E-state index in [-0.39, 0.29) is 0 Å². The summed E-state index contributed by atoms with van der Waals surface area (Å²) in [6, 6.07) is 0. The second-order valence-corrected chi connectivity index (χ2v) is 4.08. The second-order valence-electron chi connectivity index (χ2n) is 4.08. The fourth-order valence-electron chi connectivity index (χ4n) is 2.15.